The fraction of sp³-hybridized carbons (Fsp3) is 0.636. The van der Waals surface area contributed by atoms with Gasteiger partial charge in [-0.3, -0.25) is 4.90 Å². The van der Waals surface area contributed by atoms with Crippen molar-refractivity contribution in [2.24, 2.45) is 0 Å². The van der Waals surface area contributed by atoms with Crippen LogP contribution in [0.5, 0.6) is 0 Å². The Morgan fingerprint density at radius 2 is 1.89 bits per heavy atom. The van der Waals surface area contributed by atoms with Crippen LogP contribution >= 0.6 is 0 Å². The molecule has 1 unspecified atom stereocenters. The monoisotopic (exact) mass is 369 g/mol. The second kappa shape index (κ2) is 8.31. The summed E-state index contributed by atoms with van der Waals surface area (Å²) in [4.78, 5) is 14.5. The van der Waals surface area contributed by atoms with Gasteiger partial charge in [0.2, 0.25) is 0 Å². The summed E-state index contributed by atoms with van der Waals surface area (Å²) >= 11 is 0. The molecule has 0 aromatic heterocycles. The van der Waals surface area contributed by atoms with Gasteiger partial charge in [-0.25, -0.2) is 4.79 Å². The van der Waals surface area contributed by atoms with Gasteiger partial charge in [-0.05, 0) is 70.4 Å². The minimum atomic E-state index is -0.458. The summed E-state index contributed by atoms with van der Waals surface area (Å²) in [5.74, 6) is 0.496. The fourth-order valence-electron chi connectivity index (χ4n) is 4.42. The highest BCUT2D eigenvalue weighted by molar-refractivity contribution is 5.68. The summed E-state index contributed by atoms with van der Waals surface area (Å²) in [7, 11) is 0. The van der Waals surface area contributed by atoms with E-state index in [9.17, 15) is 10.1 Å². The van der Waals surface area contributed by atoms with Crippen LogP contribution in [0.1, 0.15) is 69.9 Å². The predicted molar refractivity (Wildman–Crippen MR) is 106 cm³/mol. The highest BCUT2D eigenvalue weighted by atomic mass is 16.6. The molecule has 1 N–H and O–H groups in total. The Morgan fingerprint density at radius 1 is 1.19 bits per heavy atom. The molecule has 0 spiro atoms. The van der Waals surface area contributed by atoms with Crippen LogP contribution in [-0.4, -0.2) is 41.8 Å². The minimum absolute atomic E-state index is 0.178. The molecule has 3 rings (SSSR count). The number of amides is 1. The molecule has 0 radical (unpaired) electrons. The second-order valence-corrected chi connectivity index (χ2v) is 8.83. The number of nitriles is 1. The Morgan fingerprint density at radius 3 is 2.56 bits per heavy atom. The topological polar surface area (TPSA) is 65.4 Å². The largest absolute Gasteiger partial charge is 0.444 e. The minimum Gasteiger partial charge on any atom is -0.444 e. The number of nitrogens with one attached hydrogen (secondary N) is 1. The lowest BCUT2D eigenvalue weighted by Gasteiger charge is -2.35. The third kappa shape index (κ3) is 5.23. The zero-order valence-electron chi connectivity index (χ0n) is 16.7. The van der Waals surface area contributed by atoms with Gasteiger partial charge in [0.25, 0.3) is 0 Å². The average molecular weight is 370 g/mol. The molecule has 1 saturated heterocycles. The molecule has 27 heavy (non-hydrogen) atoms. The lowest BCUT2D eigenvalue weighted by Crippen LogP contribution is -2.42. The molecule has 1 atom stereocenters. The first-order chi connectivity index (χ1) is 12.9. The van der Waals surface area contributed by atoms with Crippen LogP contribution in [0.3, 0.4) is 0 Å². The Labute approximate surface area is 162 Å². The molecule has 0 bridgehead atoms. The Kier molecular flexibility index (Phi) is 6.06. The number of rotatable bonds is 3. The molecular weight excluding hydrogens is 338 g/mol. The van der Waals surface area contributed by atoms with Gasteiger partial charge in [0.15, 0.2) is 0 Å². The number of nitrogens with zero attached hydrogens (tertiary/aromatic N) is 2. The molecule has 2 fully saturated rings. The first kappa shape index (κ1) is 19.7. The van der Waals surface area contributed by atoms with Crippen molar-refractivity contribution in [1.82, 2.24) is 10.2 Å². The number of likely N-dealkylation sites (tertiary alicyclic amines) is 1. The first-order valence-corrected chi connectivity index (χ1v) is 10.1. The predicted octanol–water partition coefficient (Wildman–Crippen LogP) is 4.18. The molecular formula is C22H31N3O2. The summed E-state index contributed by atoms with van der Waals surface area (Å²) < 4.78 is 5.37. The lowest BCUT2D eigenvalue weighted by molar-refractivity contribution is 0.0503. The average Bonchev–Trinajstić information content (AvgIpc) is 3.08. The van der Waals surface area contributed by atoms with Crippen LogP contribution in [0.2, 0.25) is 0 Å². The van der Waals surface area contributed by atoms with E-state index in [2.05, 4.69) is 22.4 Å². The van der Waals surface area contributed by atoms with Crippen molar-refractivity contribution in [3.8, 4) is 6.07 Å². The summed E-state index contributed by atoms with van der Waals surface area (Å²) in [5.41, 5.74) is 1.58. The number of hydrogen-bond donors (Lipinski definition) is 1. The van der Waals surface area contributed by atoms with Crippen molar-refractivity contribution in [1.29, 1.82) is 5.26 Å². The van der Waals surface area contributed by atoms with Crippen molar-refractivity contribution >= 4 is 6.09 Å². The molecule has 2 aliphatic rings. The van der Waals surface area contributed by atoms with Crippen LogP contribution in [-0.2, 0) is 4.74 Å². The third-order valence-corrected chi connectivity index (χ3v) is 5.67. The van der Waals surface area contributed by atoms with E-state index in [1.807, 2.05) is 39.0 Å². The van der Waals surface area contributed by atoms with Gasteiger partial charge in [-0.15, -0.1) is 0 Å². The maximum absolute atomic E-state index is 12.0. The molecule has 5 nitrogen and oxygen atoms in total. The van der Waals surface area contributed by atoms with Crippen molar-refractivity contribution in [2.75, 3.05) is 13.1 Å². The van der Waals surface area contributed by atoms with Gasteiger partial charge in [0, 0.05) is 25.2 Å². The maximum atomic E-state index is 12.0. The van der Waals surface area contributed by atoms with E-state index in [1.54, 1.807) is 0 Å². The van der Waals surface area contributed by atoms with Gasteiger partial charge < -0.3 is 10.1 Å². The summed E-state index contributed by atoms with van der Waals surface area (Å²) in [6, 6.07) is 11.1. The van der Waals surface area contributed by atoms with E-state index in [-0.39, 0.29) is 12.1 Å². The number of hydrogen-bond acceptors (Lipinski definition) is 4. The zero-order chi connectivity index (χ0) is 19.4. The number of ether oxygens (including phenoxy) is 1. The van der Waals surface area contributed by atoms with E-state index in [0.717, 1.165) is 50.8 Å². The molecule has 5 heteroatoms. The van der Waals surface area contributed by atoms with Gasteiger partial charge in [0.05, 0.1) is 11.6 Å². The van der Waals surface area contributed by atoms with Crippen molar-refractivity contribution in [2.45, 2.75) is 76.5 Å². The van der Waals surface area contributed by atoms with E-state index in [0.29, 0.717) is 12.0 Å². The summed E-state index contributed by atoms with van der Waals surface area (Å²) in [6.45, 7) is 7.59. The third-order valence-electron chi connectivity index (χ3n) is 5.67. The molecule has 1 amide bonds. The van der Waals surface area contributed by atoms with E-state index in [4.69, 9.17) is 4.74 Å². The quantitative estimate of drug-likeness (QED) is 0.868. The van der Waals surface area contributed by atoms with E-state index < -0.39 is 5.60 Å². The normalized spacial score (nSPS) is 26.4. The van der Waals surface area contributed by atoms with Crippen molar-refractivity contribution in [3.63, 3.8) is 0 Å². The second-order valence-electron chi connectivity index (χ2n) is 8.83. The highest BCUT2D eigenvalue weighted by Crippen LogP contribution is 2.36. The molecule has 1 aromatic rings. The summed E-state index contributed by atoms with van der Waals surface area (Å²) in [6.07, 6.45) is 5.24. The Balaban J connectivity index is 1.48. The number of alkyl carbamates (subject to hydrolysis) is 1. The maximum Gasteiger partial charge on any atom is 0.407 e. The highest BCUT2D eigenvalue weighted by Gasteiger charge is 2.33. The van der Waals surface area contributed by atoms with Crippen LogP contribution in [0.15, 0.2) is 24.3 Å². The molecule has 146 valence electrons. The van der Waals surface area contributed by atoms with Crippen LogP contribution in [0.25, 0.3) is 0 Å². The molecule has 1 aromatic carbocycles. The molecule has 1 aliphatic carbocycles. The van der Waals surface area contributed by atoms with E-state index in [1.165, 1.54) is 5.56 Å². The van der Waals surface area contributed by atoms with E-state index >= 15 is 0 Å². The van der Waals surface area contributed by atoms with Crippen LogP contribution in [0, 0.1) is 11.3 Å². The Hall–Kier alpha value is -2.06. The zero-order valence-corrected chi connectivity index (χ0v) is 16.7. The van der Waals surface area contributed by atoms with Crippen LogP contribution in [0.4, 0.5) is 4.79 Å². The molecule has 1 heterocycles. The first-order valence-electron chi connectivity index (χ1n) is 10.1. The van der Waals surface area contributed by atoms with Crippen molar-refractivity contribution < 1.29 is 9.53 Å². The van der Waals surface area contributed by atoms with Gasteiger partial charge in [-0.1, -0.05) is 18.2 Å². The SMILES string of the molecule is CC(C)(C)OC(=O)NC1CCN([C@H]2CC[C@@H](c3ccccc3C#N)CC2)C1. The van der Waals surface area contributed by atoms with Crippen molar-refractivity contribution in [3.05, 3.63) is 35.4 Å². The molecule has 1 aliphatic heterocycles. The fourth-order valence-corrected chi connectivity index (χ4v) is 4.42. The standard InChI is InChI=1S/C22H31N3O2/c1-22(2,3)27-21(26)24-18-12-13-25(15-18)19-10-8-16(9-11-19)20-7-5-4-6-17(20)14-23/h4-7,16,18-19H,8-13,15H2,1-3H3,(H,24,26)/t16-,18?,19+. The molecule has 1 saturated carbocycles. The van der Waals surface area contributed by atoms with Gasteiger partial charge in [-0.2, -0.15) is 5.26 Å². The number of carbonyl (C=O) groups excluding carboxylic acids is 1. The Bertz CT molecular complexity index is 696. The number of benzene rings is 1. The van der Waals surface area contributed by atoms with Gasteiger partial charge in [0.1, 0.15) is 5.60 Å². The van der Waals surface area contributed by atoms with Crippen LogP contribution < -0.4 is 5.32 Å². The number of carbonyl (C=O) groups is 1. The summed E-state index contributed by atoms with van der Waals surface area (Å²) in [5, 5.41) is 12.4. The smallest absolute Gasteiger partial charge is 0.407 e. The van der Waals surface area contributed by atoms with Gasteiger partial charge >= 0.3 is 6.09 Å². The lowest BCUT2D eigenvalue weighted by atomic mass is 9.80.